The Bertz CT molecular complexity index is 820. The van der Waals surface area contributed by atoms with Crippen molar-refractivity contribution in [2.75, 3.05) is 33.7 Å². The number of rotatable bonds is 5. The van der Waals surface area contributed by atoms with Gasteiger partial charge in [0.2, 0.25) is 5.91 Å². The molecule has 1 atom stereocenters. The second-order valence-corrected chi connectivity index (χ2v) is 7.20. The summed E-state index contributed by atoms with van der Waals surface area (Å²) in [6.45, 7) is 1.72. The van der Waals surface area contributed by atoms with Gasteiger partial charge in [-0.3, -0.25) is 4.79 Å². The van der Waals surface area contributed by atoms with Crippen molar-refractivity contribution < 1.29 is 14.0 Å². The van der Waals surface area contributed by atoms with Gasteiger partial charge >= 0.3 is 6.03 Å². The second kappa shape index (κ2) is 8.37. The van der Waals surface area contributed by atoms with E-state index in [0.717, 1.165) is 30.6 Å². The number of hydrogen-bond acceptors (Lipinski definition) is 3. The first kappa shape index (κ1) is 19.1. The highest BCUT2D eigenvalue weighted by Gasteiger charge is 2.28. The van der Waals surface area contributed by atoms with E-state index in [-0.39, 0.29) is 23.7 Å². The number of halogens is 1. The Kier molecular flexibility index (Phi) is 5.93. The molecule has 2 N–H and O–H groups in total. The third-order valence-electron chi connectivity index (χ3n) is 4.83. The van der Waals surface area contributed by atoms with Crippen molar-refractivity contribution in [2.45, 2.75) is 25.7 Å². The number of aromatic amines is 1. The standard InChI is InChI=1S/C19H26FN5O2/c1-24(2)19(27)25-10-4-5-13(12-25)18(26)21-9-3-6-17-22-15-8-7-14(20)11-16(15)23-17/h7-8,11,13H,3-6,9-10,12H2,1-2H3,(H,21,26)(H,22,23)/t13-/m0/s1. The maximum atomic E-state index is 13.2. The van der Waals surface area contributed by atoms with Crippen molar-refractivity contribution >= 4 is 23.0 Å². The van der Waals surface area contributed by atoms with Crippen LogP contribution in [0.1, 0.15) is 25.1 Å². The molecule has 1 saturated heterocycles. The highest BCUT2D eigenvalue weighted by Crippen LogP contribution is 2.18. The maximum absolute atomic E-state index is 13.2. The van der Waals surface area contributed by atoms with Gasteiger partial charge in [0, 0.05) is 40.2 Å². The number of aryl methyl sites for hydroxylation is 1. The third-order valence-corrected chi connectivity index (χ3v) is 4.83. The van der Waals surface area contributed by atoms with Crippen LogP contribution in [0.2, 0.25) is 0 Å². The zero-order valence-corrected chi connectivity index (χ0v) is 15.8. The lowest BCUT2D eigenvalue weighted by atomic mass is 9.97. The van der Waals surface area contributed by atoms with E-state index in [4.69, 9.17) is 0 Å². The summed E-state index contributed by atoms with van der Waals surface area (Å²) >= 11 is 0. The molecule has 1 aliphatic heterocycles. The quantitative estimate of drug-likeness (QED) is 0.786. The molecule has 0 bridgehead atoms. The predicted octanol–water partition coefficient (Wildman–Crippen LogP) is 2.14. The van der Waals surface area contributed by atoms with E-state index in [0.29, 0.717) is 31.6 Å². The number of urea groups is 1. The molecule has 7 nitrogen and oxygen atoms in total. The molecule has 0 saturated carbocycles. The summed E-state index contributed by atoms with van der Waals surface area (Å²) in [4.78, 5) is 35.3. The molecule has 146 valence electrons. The molecule has 1 aliphatic rings. The van der Waals surface area contributed by atoms with E-state index in [2.05, 4.69) is 15.3 Å². The zero-order chi connectivity index (χ0) is 19.4. The largest absolute Gasteiger partial charge is 0.356 e. The number of carbonyl (C=O) groups excluding carboxylic acids is 2. The van der Waals surface area contributed by atoms with E-state index < -0.39 is 0 Å². The normalized spacial score (nSPS) is 17.1. The monoisotopic (exact) mass is 375 g/mol. The molecule has 3 amide bonds. The molecule has 3 rings (SSSR count). The molecule has 1 aromatic carbocycles. The first-order valence-corrected chi connectivity index (χ1v) is 9.32. The minimum Gasteiger partial charge on any atom is -0.356 e. The number of hydrogen-bond donors (Lipinski definition) is 2. The van der Waals surface area contributed by atoms with E-state index in [1.807, 2.05) is 0 Å². The van der Waals surface area contributed by atoms with Crippen molar-refractivity contribution in [1.82, 2.24) is 25.1 Å². The van der Waals surface area contributed by atoms with Crippen molar-refractivity contribution in [2.24, 2.45) is 5.92 Å². The van der Waals surface area contributed by atoms with E-state index in [1.165, 1.54) is 12.1 Å². The summed E-state index contributed by atoms with van der Waals surface area (Å²) in [6.07, 6.45) is 3.05. The average molecular weight is 375 g/mol. The number of imidazole rings is 1. The SMILES string of the molecule is CN(C)C(=O)N1CCC[C@H](C(=O)NCCCc2nc3ccc(F)cc3[nH]2)C1. The van der Waals surface area contributed by atoms with Crippen LogP contribution in [0.5, 0.6) is 0 Å². The highest BCUT2D eigenvalue weighted by molar-refractivity contribution is 5.80. The smallest absolute Gasteiger partial charge is 0.319 e. The molecule has 2 heterocycles. The number of H-pyrrole nitrogens is 1. The second-order valence-electron chi connectivity index (χ2n) is 7.20. The van der Waals surface area contributed by atoms with Gasteiger partial charge in [0.15, 0.2) is 0 Å². The number of nitrogens with zero attached hydrogens (tertiary/aromatic N) is 3. The van der Waals surface area contributed by atoms with Crippen LogP contribution in [0.3, 0.4) is 0 Å². The number of piperidine rings is 1. The van der Waals surface area contributed by atoms with Gasteiger partial charge in [-0.2, -0.15) is 0 Å². The summed E-state index contributed by atoms with van der Waals surface area (Å²) in [5, 5.41) is 2.96. The average Bonchev–Trinajstić information content (AvgIpc) is 3.06. The third kappa shape index (κ3) is 4.75. The fourth-order valence-corrected chi connectivity index (χ4v) is 3.41. The Labute approximate surface area is 157 Å². The molecule has 27 heavy (non-hydrogen) atoms. The lowest BCUT2D eigenvalue weighted by Crippen LogP contribution is -2.48. The van der Waals surface area contributed by atoms with Crippen LogP contribution in [-0.2, 0) is 11.2 Å². The summed E-state index contributed by atoms with van der Waals surface area (Å²) in [6, 6.07) is 4.42. The fourth-order valence-electron chi connectivity index (χ4n) is 3.41. The Morgan fingerprint density at radius 3 is 3.00 bits per heavy atom. The van der Waals surface area contributed by atoms with Crippen molar-refractivity contribution in [1.29, 1.82) is 0 Å². The molecular weight excluding hydrogens is 349 g/mol. The molecule has 1 aromatic heterocycles. The van der Waals surface area contributed by atoms with Gasteiger partial charge < -0.3 is 20.1 Å². The van der Waals surface area contributed by atoms with E-state index >= 15 is 0 Å². The zero-order valence-electron chi connectivity index (χ0n) is 15.8. The summed E-state index contributed by atoms with van der Waals surface area (Å²) in [5.74, 6) is 0.333. The number of fused-ring (bicyclic) bond motifs is 1. The highest BCUT2D eigenvalue weighted by atomic mass is 19.1. The number of likely N-dealkylation sites (tertiary alicyclic amines) is 1. The minimum atomic E-state index is -0.292. The van der Waals surface area contributed by atoms with E-state index in [1.54, 1.807) is 30.0 Å². The molecule has 8 heteroatoms. The molecule has 0 spiro atoms. The maximum Gasteiger partial charge on any atom is 0.319 e. The number of aromatic nitrogens is 2. The summed E-state index contributed by atoms with van der Waals surface area (Å²) in [7, 11) is 3.44. The first-order valence-electron chi connectivity index (χ1n) is 9.32. The molecule has 0 unspecified atom stereocenters. The van der Waals surface area contributed by atoms with Crippen LogP contribution in [0.15, 0.2) is 18.2 Å². The lowest BCUT2D eigenvalue weighted by molar-refractivity contribution is -0.126. The van der Waals surface area contributed by atoms with Gasteiger partial charge in [0.05, 0.1) is 17.0 Å². The van der Waals surface area contributed by atoms with Gasteiger partial charge in [-0.05, 0) is 37.5 Å². The van der Waals surface area contributed by atoms with Crippen LogP contribution in [0, 0.1) is 11.7 Å². The molecule has 2 aromatic rings. The molecular formula is C19H26FN5O2. The fraction of sp³-hybridized carbons (Fsp3) is 0.526. The Morgan fingerprint density at radius 1 is 1.41 bits per heavy atom. The van der Waals surface area contributed by atoms with Gasteiger partial charge in [-0.15, -0.1) is 0 Å². The van der Waals surface area contributed by atoms with Crippen LogP contribution in [0.4, 0.5) is 9.18 Å². The first-order chi connectivity index (χ1) is 12.9. The van der Waals surface area contributed by atoms with Crippen LogP contribution in [0.25, 0.3) is 11.0 Å². The van der Waals surface area contributed by atoms with E-state index in [9.17, 15) is 14.0 Å². The van der Waals surface area contributed by atoms with Crippen LogP contribution >= 0.6 is 0 Å². The topological polar surface area (TPSA) is 81.3 Å². The Hall–Kier alpha value is -2.64. The summed E-state index contributed by atoms with van der Waals surface area (Å²) in [5.41, 5.74) is 1.42. The minimum absolute atomic E-state index is 0.00191. The van der Waals surface area contributed by atoms with Gasteiger partial charge in [-0.1, -0.05) is 0 Å². The molecule has 0 radical (unpaired) electrons. The molecule has 0 aliphatic carbocycles. The van der Waals surface area contributed by atoms with Gasteiger partial charge in [0.1, 0.15) is 11.6 Å². The Balaban J connectivity index is 1.44. The molecule has 1 fully saturated rings. The van der Waals surface area contributed by atoms with Gasteiger partial charge in [0.25, 0.3) is 0 Å². The van der Waals surface area contributed by atoms with Crippen molar-refractivity contribution in [3.63, 3.8) is 0 Å². The van der Waals surface area contributed by atoms with Crippen molar-refractivity contribution in [3.8, 4) is 0 Å². The Morgan fingerprint density at radius 2 is 2.22 bits per heavy atom. The number of carbonyl (C=O) groups is 2. The number of amides is 3. The number of nitrogens with one attached hydrogen (secondary N) is 2. The van der Waals surface area contributed by atoms with Gasteiger partial charge in [-0.25, -0.2) is 14.2 Å². The van der Waals surface area contributed by atoms with Crippen LogP contribution < -0.4 is 5.32 Å². The predicted molar refractivity (Wildman–Crippen MR) is 101 cm³/mol. The lowest BCUT2D eigenvalue weighted by Gasteiger charge is -2.33. The summed E-state index contributed by atoms with van der Waals surface area (Å²) < 4.78 is 13.2. The van der Waals surface area contributed by atoms with Crippen LogP contribution in [-0.4, -0.2) is 65.4 Å². The number of benzene rings is 1. The van der Waals surface area contributed by atoms with Crippen molar-refractivity contribution in [3.05, 3.63) is 29.8 Å².